The second-order valence-corrected chi connectivity index (χ2v) is 10.4. The van der Waals surface area contributed by atoms with Crippen molar-refractivity contribution in [1.29, 1.82) is 0 Å². The van der Waals surface area contributed by atoms with Gasteiger partial charge in [0.1, 0.15) is 11.5 Å². The first-order valence-electron chi connectivity index (χ1n) is 11.7. The molecule has 1 atom stereocenters. The van der Waals surface area contributed by atoms with Crippen LogP contribution in [-0.2, 0) is 0 Å². The molecule has 1 saturated heterocycles. The number of carbonyl (C=O) groups is 1. The molecule has 0 aliphatic carbocycles. The molecule has 1 fully saturated rings. The van der Waals surface area contributed by atoms with Crippen LogP contribution in [0.2, 0.25) is 0 Å². The molecule has 0 aromatic heterocycles. The van der Waals surface area contributed by atoms with E-state index in [1.165, 1.54) is 0 Å². The third-order valence-corrected chi connectivity index (χ3v) is 7.27. The molecule has 0 bridgehead atoms. The molecular formula is C26H28N4O5S. The summed E-state index contributed by atoms with van der Waals surface area (Å²) >= 11 is 0. The Morgan fingerprint density at radius 2 is 1.86 bits per heavy atom. The number of hydrogen-bond acceptors (Lipinski definition) is 8. The number of phenols is 1. The van der Waals surface area contributed by atoms with Gasteiger partial charge in [-0.05, 0) is 71.3 Å². The van der Waals surface area contributed by atoms with Gasteiger partial charge < -0.3 is 20.5 Å². The summed E-state index contributed by atoms with van der Waals surface area (Å²) < 4.78 is 32.1. The molecule has 0 spiro atoms. The van der Waals surface area contributed by atoms with E-state index in [2.05, 4.69) is 9.12 Å². The summed E-state index contributed by atoms with van der Waals surface area (Å²) in [5.41, 5.74) is 9.25. The van der Waals surface area contributed by atoms with Crippen molar-refractivity contribution in [3.05, 3.63) is 77.9 Å². The highest BCUT2D eigenvalue weighted by atomic mass is 32.3. The summed E-state index contributed by atoms with van der Waals surface area (Å²) in [6, 6.07) is 19.6. The standard InChI is InChI=1S/C26H28N4O5S/c27-25-24-22(28-36(33,34)29-25)10-3-11-23(24)35-16-17-5-4-12-30(15-17)26(32)20-8-1-6-18(13-20)19-7-2-9-21(31)14-19/h1-3,6-11,13-14,17,28,31,33-34H,4-5,12,15-16H2,(H2,27,29). The molecule has 2 heterocycles. The number of ether oxygens (including phenoxy) is 1. The Hall–Kier alpha value is -3.73. The molecule has 3 aromatic rings. The molecule has 36 heavy (non-hydrogen) atoms. The number of hydrogen-bond donors (Lipinski definition) is 5. The summed E-state index contributed by atoms with van der Waals surface area (Å²) in [6.07, 6.45) is 1.79. The van der Waals surface area contributed by atoms with Gasteiger partial charge in [-0.15, -0.1) is 4.40 Å². The molecule has 10 heteroatoms. The lowest BCUT2D eigenvalue weighted by Crippen LogP contribution is -2.41. The number of nitrogens with two attached hydrogens (primary N) is 1. The van der Waals surface area contributed by atoms with Crippen molar-refractivity contribution in [2.24, 2.45) is 16.0 Å². The van der Waals surface area contributed by atoms with Crippen molar-refractivity contribution in [1.82, 2.24) is 4.90 Å². The largest absolute Gasteiger partial charge is 0.508 e. The first kappa shape index (κ1) is 24.0. The van der Waals surface area contributed by atoms with E-state index < -0.39 is 11.0 Å². The predicted molar refractivity (Wildman–Crippen MR) is 141 cm³/mol. The van der Waals surface area contributed by atoms with Gasteiger partial charge in [0.15, 0.2) is 5.84 Å². The van der Waals surface area contributed by atoms with E-state index in [1.54, 1.807) is 36.4 Å². The summed E-state index contributed by atoms with van der Waals surface area (Å²) in [4.78, 5) is 15.2. The molecule has 2 aliphatic rings. The molecule has 5 rings (SSSR count). The number of phenolic OH excluding ortho intramolecular Hbond substituents is 1. The lowest BCUT2D eigenvalue weighted by molar-refractivity contribution is 0.0633. The number of amidine groups is 1. The molecule has 0 saturated carbocycles. The van der Waals surface area contributed by atoms with Crippen LogP contribution in [0.15, 0.2) is 71.1 Å². The number of aromatic hydroxyl groups is 1. The number of anilines is 1. The maximum absolute atomic E-state index is 13.3. The second kappa shape index (κ2) is 9.73. The van der Waals surface area contributed by atoms with Crippen molar-refractivity contribution in [2.45, 2.75) is 12.8 Å². The molecule has 1 unspecified atom stereocenters. The van der Waals surface area contributed by atoms with E-state index in [0.717, 1.165) is 24.0 Å². The monoisotopic (exact) mass is 508 g/mol. The lowest BCUT2D eigenvalue weighted by atomic mass is 9.97. The van der Waals surface area contributed by atoms with Crippen molar-refractivity contribution >= 4 is 28.4 Å². The molecule has 1 amide bonds. The van der Waals surface area contributed by atoms with E-state index in [0.29, 0.717) is 42.3 Å². The summed E-state index contributed by atoms with van der Waals surface area (Å²) in [6.45, 7) is 1.62. The van der Waals surface area contributed by atoms with E-state index in [9.17, 15) is 19.0 Å². The number of amides is 1. The molecule has 9 nitrogen and oxygen atoms in total. The first-order chi connectivity index (χ1) is 17.3. The summed E-state index contributed by atoms with van der Waals surface area (Å²) in [5, 5.41) is 9.80. The number of fused-ring (bicyclic) bond motifs is 1. The van der Waals surface area contributed by atoms with Crippen LogP contribution >= 0.6 is 11.0 Å². The van der Waals surface area contributed by atoms with Gasteiger partial charge in [-0.25, -0.2) is 0 Å². The Morgan fingerprint density at radius 3 is 2.67 bits per heavy atom. The SMILES string of the molecule is NC1=NS(O)(O)Nc2cccc(OCC3CCCN(C(=O)c4cccc(-c5cccc(O)c5)c4)C3)c21. The number of benzene rings is 3. The topological polar surface area (TPSA) is 141 Å². The minimum atomic E-state index is -3.36. The molecule has 6 N–H and O–H groups in total. The number of carbonyl (C=O) groups excluding carboxylic acids is 1. The van der Waals surface area contributed by atoms with Crippen molar-refractivity contribution in [2.75, 3.05) is 24.4 Å². The van der Waals surface area contributed by atoms with Gasteiger partial charge in [0, 0.05) is 24.6 Å². The fraction of sp³-hybridized carbons (Fsp3) is 0.231. The van der Waals surface area contributed by atoms with Crippen LogP contribution in [0.3, 0.4) is 0 Å². The highest BCUT2D eigenvalue weighted by molar-refractivity contribution is 8.24. The van der Waals surface area contributed by atoms with Gasteiger partial charge in [0.2, 0.25) is 0 Å². The van der Waals surface area contributed by atoms with Crippen LogP contribution in [-0.4, -0.2) is 50.6 Å². The van der Waals surface area contributed by atoms with Crippen molar-refractivity contribution < 1.29 is 23.7 Å². The van der Waals surface area contributed by atoms with Crippen LogP contribution < -0.4 is 15.2 Å². The van der Waals surface area contributed by atoms with Crippen molar-refractivity contribution in [3.8, 4) is 22.6 Å². The zero-order chi connectivity index (χ0) is 25.3. The number of piperidine rings is 1. The average Bonchev–Trinajstić information content (AvgIpc) is 2.86. The molecule has 0 radical (unpaired) electrons. The minimum absolute atomic E-state index is 0.00594. The third kappa shape index (κ3) is 5.11. The number of likely N-dealkylation sites (tertiary alicyclic amines) is 1. The Bertz CT molecular complexity index is 1330. The fourth-order valence-corrected chi connectivity index (χ4v) is 5.52. The maximum atomic E-state index is 13.3. The third-order valence-electron chi connectivity index (χ3n) is 6.32. The zero-order valence-electron chi connectivity index (χ0n) is 19.5. The minimum Gasteiger partial charge on any atom is -0.508 e. The normalized spacial score (nSPS) is 19.4. The zero-order valence-corrected chi connectivity index (χ0v) is 20.3. The summed E-state index contributed by atoms with van der Waals surface area (Å²) in [7, 11) is -3.36. The Kier molecular flexibility index (Phi) is 6.48. The van der Waals surface area contributed by atoms with E-state index >= 15 is 0 Å². The van der Waals surface area contributed by atoms with Gasteiger partial charge in [0.25, 0.3) is 5.91 Å². The maximum Gasteiger partial charge on any atom is 0.253 e. The van der Waals surface area contributed by atoms with Gasteiger partial charge in [0.05, 0.1) is 17.9 Å². The quantitative estimate of drug-likeness (QED) is 0.336. The van der Waals surface area contributed by atoms with Gasteiger partial charge in [-0.3, -0.25) is 18.6 Å². The van der Waals surface area contributed by atoms with E-state index in [1.807, 2.05) is 35.2 Å². The van der Waals surface area contributed by atoms with Crippen LogP contribution in [0.5, 0.6) is 11.5 Å². The lowest BCUT2D eigenvalue weighted by Gasteiger charge is -2.34. The first-order valence-corrected chi connectivity index (χ1v) is 13.2. The molecule has 188 valence electrons. The van der Waals surface area contributed by atoms with Crippen LogP contribution in [0.25, 0.3) is 11.1 Å². The highest BCUT2D eigenvalue weighted by Crippen LogP contribution is 2.46. The van der Waals surface area contributed by atoms with Gasteiger partial charge >= 0.3 is 0 Å². The highest BCUT2D eigenvalue weighted by Gasteiger charge is 2.28. The Morgan fingerprint density at radius 1 is 1.11 bits per heavy atom. The van der Waals surface area contributed by atoms with Gasteiger partial charge in [-0.1, -0.05) is 30.3 Å². The van der Waals surface area contributed by atoms with Crippen LogP contribution in [0.1, 0.15) is 28.8 Å². The second-order valence-electron chi connectivity index (χ2n) is 8.98. The Balaban J connectivity index is 1.26. The number of rotatable bonds is 5. The number of nitrogens with zero attached hydrogens (tertiary/aromatic N) is 2. The predicted octanol–water partition coefficient (Wildman–Crippen LogP) is 4.70. The van der Waals surface area contributed by atoms with Crippen LogP contribution in [0.4, 0.5) is 5.69 Å². The Labute approximate surface area is 210 Å². The smallest absolute Gasteiger partial charge is 0.253 e. The fourth-order valence-electron chi connectivity index (χ4n) is 4.65. The molecule has 2 aliphatic heterocycles. The van der Waals surface area contributed by atoms with Gasteiger partial charge in [-0.2, -0.15) is 0 Å². The molecule has 3 aromatic carbocycles. The number of nitrogens with one attached hydrogen (secondary N) is 1. The van der Waals surface area contributed by atoms with Crippen molar-refractivity contribution in [3.63, 3.8) is 0 Å². The van der Waals surface area contributed by atoms with Crippen LogP contribution in [0, 0.1) is 5.92 Å². The van der Waals surface area contributed by atoms with E-state index in [-0.39, 0.29) is 23.4 Å². The molecular weight excluding hydrogens is 480 g/mol. The van der Waals surface area contributed by atoms with E-state index in [4.69, 9.17) is 10.5 Å². The average molecular weight is 509 g/mol. The summed E-state index contributed by atoms with van der Waals surface area (Å²) in [5.74, 6) is 0.775.